The molecule has 0 aromatic heterocycles. The molecular formula is C11H15Cl2NO. The number of Topliss-reactive ketones (excluding diaryl/α,β-unsaturated/α-hetero) is 1. The van der Waals surface area contributed by atoms with Crippen LogP contribution in [0.3, 0.4) is 0 Å². The van der Waals surface area contributed by atoms with Gasteiger partial charge < -0.3 is 4.90 Å². The van der Waals surface area contributed by atoms with E-state index in [9.17, 15) is 4.79 Å². The number of benzene rings is 1. The van der Waals surface area contributed by atoms with Crippen LogP contribution < -0.4 is 0 Å². The molecule has 0 unspecified atom stereocenters. The molecule has 0 aliphatic heterocycles. The molecule has 1 rings (SSSR count). The van der Waals surface area contributed by atoms with Crippen LogP contribution in [0.5, 0.6) is 0 Å². The summed E-state index contributed by atoms with van der Waals surface area (Å²) in [5.41, 5.74) is 0.621. The van der Waals surface area contributed by atoms with Crippen molar-refractivity contribution in [3.63, 3.8) is 0 Å². The maximum atomic E-state index is 11.7. The van der Waals surface area contributed by atoms with Crippen molar-refractivity contribution in [3.8, 4) is 0 Å². The quantitative estimate of drug-likeness (QED) is 0.763. The van der Waals surface area contributed by atoms with Gasteiger partial charge in [-0.3, -0.25) is 4.79 Å². The first-order valence-corrected chi connectivity index (χ1v) is 4.91. The van der Waals surface area contributed by atoms with Crippen molar-refractivity contribution in [3.05, 3.63) is 34.9 Å². The van der Waals surface area contributed by atoms with Crippen LogP contribution in [0, 0.1) is 0 Å². The molecule has 0 heterocycles. The minimum atomic E-state index is 0. The zero-order chi connectivity index (χ0) is 10.6. The van der Waals surface area contributed by atoms with Crippen LogP contribution in [-0.2, 0) is 0 Å². The van der Waals surface area contributed by atoms with Crippen LogP contribution in [0.1, 0.15) is 16.8 Å². The van der Waals surface area contributed by atoms with E-state index in [4.69, 9.17) is 11.6 Å². The van der Waals surface area contributed by atoms with Crippen molar-refractivity contribution in [2.75, 3.05) is 20.6 Å². The lowest BCUT2D eigenvalue weighted by molar-refractivity contribution is 0.0972. The SMILES string of the molecule is CN(C)CCC(=O)c1ccccc1Cl.Cl. The predicted octanol–water partition coefficient (Wildman–Crippen LogP) is 2.90. The molecule has 4 heteroatoms. The van der Waals surface area contributed by atoms with Crippen molar-refractivity contribution in [1.82, 2.24) is 4.90 Å². The van der Waals surface area contributed by atoms with Gasteiger partial charge in [-0.1, -0.05) is 23.7 Å². The molecular weight excluding hydrogens is 233 g/mol. The number of carbonyl (C=O) groups excluding carboxylic acids is 1. The average molecular weight is 248 g/mol. The topological polar surface area (TPSA) is 20.3 Å². The first kappa shape index (κ1) is 14.4. The van der Waals surface area contributed by atoms with E-state index in [1.165, 1.54) is 0 Å². The summed E-state index contributed by atoms with van der Waals surface area (Å²) in [6, 6.07) is 7.16. The highest BCUT2D eigenvalue weighted by Gasteiger charge is 2.09. The molecule has 0 aliphatic rings. The van der Waals surface area contributed by atoms with E-state index in [2.05, 4.69) is 0 Å². The molecule has 84 valence electrons. The molecule has 15 heavy (non-hydrogen) atoms. The Kier molecular flexibility index (Phi) is 6.57. The standard InChI is InChI=1S/C11H14ClNO.ClH/c1-13(2)8-7-11(14)9-5-3-4-6-10(9)12;/h3-6H,7-8H2,1-2H3;1H. The second-order valence-electron chi connectivity index (χ2n) is 3.46. The van der Waals surface area contributed by atoms with E-state index < -0.39 is 0 Å². The second-order valence-corrected chi connectivity index (χ2v) is 3.86. The lowest BCUT2D eigenvalue weighted by Crippen LogP contribution is -2.16. The number of rotatable bonds is 4. The smallest absolute Gasteiger partial charge is 0.165 e. The van der Waals surface area contributed by atoms with Crippen LogP contribution in [0.4, 0.5) is 0 Å². The Hall–Kier alpha value is -0.570. The maximum Gasteiger partial charge on any atom is 0.165 e. The molecule has 0 radical (unpaired) electrons. The Balaban J connectivity index is 0.00000196. The summed E-state index contributed by atoms with van der Waals surface area (Å²) in [7, 11) is 3.89. The van der Waals surface area contributed by atoms with Gasteiger partial charge in [0, 0.05) is 18.5 Å². The van der Waals surface area contributed by atoms with Gasteiger partial charge in [-0.25, -0.2) is 0 Å². The van der Waals surface area contributed by atoms with E-state index in [0.717, 1.165) is 6.54 Å². The van der Waals surface area contributed by atoms with Crippen LogP contribution in [0.25, 0.3) is 0 Å². The van der Waals surface area contributed by atoms with E-state index in [0.29, 0.717) is 17.0 Å². The molecule has 1 aromatic carbocycles. The van der Waals surface area contributed by atoms with Crippen molar-refractivity contribution < 1.29 is 4.79 Å². The Labute approximate surface area is 102 Å². The Morgan fingerprint density at radius 2 is 1.93 bits per heavy atom. The van der Waals surface area contributed by atoms with Gasteiger partial charge in [-0.05, 0) is 26.2 Å². The second kappa shape index (κ2) is 6.83. The maximum absolute atomic E-state index is 11.7. The minimum absolute atomic E-state index is 0. The molecule has 0 fully saturated rings. The van der Waals surface area contributed by atoms with Gasteiger partial charge in [-0.2, -0.15) is 0 Å². The van der Waals surface area contributed by atoms with Crippen LogP contribution in [-0.4, -0.2) is 31.3 Å². The third-order valence-corrected chi connectivity index (χ3v) is 2.29. The molecule has 1 aromatic rings. The van der Waals surface area contributed by atoms with Crippen molar-refractivity contribution in [2.45, 2.75) is 6.42 Å². The van der Waals surface area contributed by atoms with Crippen LogP contribution >= 0.6 is 24.0 Å². The highest BCUT2D eigenvalue weighted by molar-refractivity contribution is 6.33. The largest absolute Gasteiger partial charge is 0.309 e. The first-order valence-electron chi connectivity index (χ1n) is 4.53. The number of ketones is 1. The van der Waals surface area contributed by atoms with E-state index in [1.54, 1.807) is 12.1 Å². The number of halogens is 2. The molecule has 0 aliphatic carbocycles. The molecule has 0 amide bonds. The molecule has 0 saturated carbocycles. The fourth-order valence-electron chi connectivity index (χ4n) is 1.15. The van der Waals surface area contributed by atoms with Gasteiger partial charge in [-0.15, -0.1) is 12.4 Å². The number of hydrogen-bond donors (Lipinski definition) is 0. The zero-order valence-corrected chi connectivity index (χ0v) is 10.4. The molecule has 2 nitrogen and oxygen atoms in total. The summed E-state index contributed by atoms with van der Waals surface area (Å²) < 4.78 is 0. The summed E-state index contributed by atoms with van der Waals surface area (Å²) in [5.74, 6) is 0.101. The molecule has 0 saturated heterocycles. The highest BCUT2D eigenvalue weighted by Crippen LogP contribution is 2.16. The highest BCUT2D eigenvalue weighted by atomic mass is 35.5. The summed E-state index contributed by atoms with van der Waals surface area (Å²) >= 11 is 5.90. The average Bonchev–Trinajstić information content (AvgIpc) is 2.15. The lowest BCUT2D eigenvalue weighted by Gasteiger charge is -2.08. The van der Waals surface area contributed by atoms with E-state index in [-0.39, 0.29) is 18.2 Å². The zero-order valence-electron chi connectivity index (χ0n) is 8.87. The molecule has 0 bridgehead atoms. The normalized spacial score (nSPS) is 9.87. The molecule has 0 spiro atoms. The van der Waals surface area contributed by atoms with Gasteiger partial charge >= 0.3 is 0 Å². The van der Waals surface area contributed by atoms with Gasteiger partial charge in [0.1, 0.15) is 0 Å². The van der Waals surface area contributed by atoms with E-state index >= 15 is 0 Å². The van der Waals surface area contributed by atoms with Gasteiger partial charge in [0.25, 0.3) is 0 Å². The third kappa shape index (κ3) is 4.65. The van der Waals surface area contributed by atoms with Crippen molar-refractivity contribution >= 4 is 29.8 Å². The fourth-order valence-corrected chi connectivity index (χ4v) is 1.39. The van der Waals surface area contributed by atoms with Gasteiger partial charge in [0.05, 0.1) is 5.02 Å². The third-order valence-electron chi connectivity index (χ3n) is 1.96. The van der Waals surface area contributed by atoms with Crippen LogP contribution in [0.2, 0.25) is 5.02 Å². The summed E-state index contributed by atoms with van der Waals surface area (Å²) in [6.45, 7) is 0.754. The predicted molar refractivity (Wildman–Crippen MR) is 66.2 cm³/mol. The molecule has 0 N–H and O–H groups in total. The summed E-state index contributed by atoms with van der Waals surface area (Å²) in [4.78, 5) is 13.6. The summed E-state index contributed by atoms with van der Waals surface area (Å²) in [6.07, 6.45) is 0.511. The number of nitrogens with zero attached hydrogens (tertiary/aromatic N) is 1. The monoisotopic (exact) mass is 247 g/mol. The summed E-state index contributed by atoms with van der Waals surface area (Å²) in [5, 5.41) is 0.538. The minimum Gasteiger partial charge on any atom is -0.309 e. The van der Waals surface area contributed by atoms with Crippen molar-refractivity contribution in [1.29, 1.82) is 0 Å². The number of hydrogen-bond acceptors (Lipinski definition) is 2. The van der Waals surface area contributed by atoms with Gasteiger partial charge in [0.15, 0.2) is 5.78 Å². The van der Waals surface area contributed by atoms with Gasteiger partial charge in [0.2, 0.25) is 0 Å². The van der Waals surface area contributed by atoms with E-state index in [1.807, 2.05) is 31.1 Å². The van der Waals surface area contributed by atoms with Crippen molar-refractivity contribution in [2.24, 2.45) is 0 Å². The molecule has 0 atom stereocenters. The Bertz CT molecular complexity index is 326. The fraction of sp³-hybridized carbons (Fsp3) is 0.364. The lowest BCUT2D eigenvalue weighted by atomic mass is 10.1. The van der Waals surface area contributed by atoms with Crippen LogP contribution in [0.15, 0.2) is 24.3 Å². The first-order chi connectivity index (χ1) is 6.61. The number of carbonyl (C=O) groups is 1. The Morgan fingerprint density at radius 1 is 1.33 bits per heavy atom. The Morgan fingerprint density at radius 3 is 2.47 bits per heavy atom.